The van der Waals surface area contributed by atoms with Crippen molar-refractivity contribution in [1.82, 2.24) is 10.6 Å². The summed E-state index contributed by atoms with van der Waals surface area (Å²) >= 11 is 0. The summed E-state index contributed by atoms with van der Waals surface area (Å²) in [7, 11) is 0. The molecule has 4 rings (SSSR count). The lowest BCUT2D eigenvalue weighted by Crippen LogP contribution is -2.66. The lowest BCUT2D eigenvalue weighted by atomic mass is 9.96. The molecule has 0 saturated carbocycles. The van der Waals surface area contributed by atoms with Crippen LogP contribution in [0.1, 0.15) is 246 Å². The summed E-state index contributed by atoms with van der Waals surface area (Å²) < 4.78 is 46.7. The van der Waals surface area contributed by atoms with Crippen molar-refractivity contribution >= 4 is 11.8 Å². The zero-order chi connectivity index (χ0) is 69.0. The Balaban J connectivity index is 1.38. The van der Waals surface area contributed by atoms with Gasteiger partial charge in [-0.05, 0) is 19.8 Å². The monoisotopic (exact) mass is 1360 g/mol. The fourth-order valence-corrected chi connectivity index (χ4v) is 12.9. The van der Waals surface area contributed by atoms with E-state index in [0.717, 1.165) is 64.7 Å². The molecule has 16 N–H and O–H groups in total. The van der Waals surface area contributed by atoms with Crippen LogP contribution in [0.5, 0.6) is 0 Å². The van der Waals surface area contributed by atoms with Gasteiger partial charge in [-0.1, -0.05) is 219 Å². The second-order valence-electron chi connectivity index (χ2n) is 27.1. The summed E-state index contributed by atoms with van der Waals surface area (Å²) in [6.07, 6.45) is 0.151. The predicted molar refractivity (Wildman–Crippen MR) is 346 cm³/mol. The van der Waals surface area contributed by atoms with Crippen LogP contribution in [0.4, 0.5) is 0 Å². The highest BCUT2D eigenvalue weighted by molar-refractivity contribution is 5.80. The summed E-state index contributed by atoms with van der Waals surface area (Å²) in [4.78, 5) is 26.0. The van der Waals surface area contributed by atoms with E-state index < -0.39 is 185 Å². The molecule has 26 nitrogen and oxygen atoms in total. The summed E-state index contributed by atoms with van der Waals surface area (Å²) in [6, 6.07) is -2.92. The van der Waals surface area contributed by atoms with Crippen LogP contribution in [-0.2, 0) is 47.5 Å². The van der Waals surface area contributed by atoms with Crippen molar-refractivity contribution < 1.29 is 119 Å². The lowest BCUT2D eigenvalue weighted by Gasteiger charge is -2.47. The van der Waals surface area contributed by atoms with Crippen molar-refractivity contribution in [3.63, 3.8) is 0 Å². The molecule has 4 fully saturated rings. The minimum Gasteiger partial charge on any atom is -0.394 e. The number of aliphatic hydroxyl groups is 14. The quantitative estimate of drug-likeness (QED) is 0.0388. The molecule has 2 amide bonds. The van der Waals surface area contributed by atoms with Crippen LogP contribution in [0.25, 0.3) is 0 Å². The van der Waals surface area contributed by atoms with Crippen molar-refractivity contribution in [1.29, 1.82) is 0 Å². The maximum absolute atomic E-state index is 13.7. The first kappa shape index (κ1) is 84.5. The average Bonchev–Trinajstić information content (AvgIpc) is 0.914. The summed E-state index contributed by atoms with van der Waals surface area (Å²) in [5.74, 6) is -1.53. The molecule has 94 heavy (non-hydrogen) atoms. The molecule has 24 atom stereocenters. The average molecular weight is 1360 g/mol. The third kappa shape index (κ3) is 29.7. The van der Waals surface area contributed by atoms with E-state index in [1.54, 1.807) is 0 Å². The van der Waals surface area contributed by atoms with Gasteiger partial charge in [0, 0.05) is 6.92 Å². The Morgan fingerprint density at radius 3 is 1.29 bits per heavy atom. The molecular formula is C68H128N2O24. The van der Waals surface area contributed by atoms with Crippen LogP contribution >= 0.6 is 0 Å². The highest BCUT2D eigenvalue weighted by atomic mass is 16.8. The van der Waals surface area contributed by atoms with Gasteiger partial charge in [-0.2, -0.15) is 0 Å². The van der Waals surface area contributed by atoms with Crippen molar-refractivity contribution in [3.8, 4) is 0 Å². The van der Waals surface area contributed by atoms with E-state index in [9.17, 15) is 81.1 Å². The molecule has 4 aliphatic rings. The first-order valence-corrected chi connectivity index (χ1v) is 36.3. The number of unbranched alkanes of at least 4 members (excludes halogenated alkanes) is 30. The Kier molecular flexibility index (Phi) is 43.1. The molecule has 0 radical (unpaired) electrons. The second-order valence-corrected chi connectivity index (χ2v) is 27.1. The Labute approximate surface area is 559 Å². The molecule has 0 unspecified atom stereocenters. The number of hydrogen-bond donors (Lipinski definition) is 16. The maximum atomic E-state index is 13.7. The van der Waals surface area contributed by atoms with Gasteiger partial charge in [-0.15, -0.1) is 0 Å². The van der Waals surface area contributed by atoms with E-state index >= 15 is 0 Å². The SMILES string of the molecule is CCCCCCCCCCCCCCCCCCCC[C@@H](O)C(=O)N[C@@H](CO[C@H]1O[C@H](CO)[C@H](O)[C@H](O)[C@H]1O[C@H]1O[C@H](CO[C@@H]2O[C@H](CO[C@H]3O[C@H]([C@H](C)O)[C@@H](O)[C@@H]3O)[C@H](O)[C@H](O)[C@H]2NC(C)=O)[C@H](O)[C@H](O)[C@H]1O)[C@H](O)[C@H](O)CCCCCCCCCCCCCCCC. The molecule has 4 aliphatic heterocycles. The molecule has 0 aromatic rings. The van der Waals surface area contributed by atoms with Crippen molar-refractivity contribution in [2.24, 2.45) is 0 Å². The highest BCUT2D eigenvalue weighted by Gasteiger charge is 2.53. The van der Waals surface area contributed by atoms with Gasteiger partial charge >= 0.3 is 0 Å². The van der Waals surface area contributed by atoms with Crippen LogP contribution in [0, 0.1) is 0 Å². The third-order valence-corrected chi connectivity index (χ3v) is 19.0. The Morgan fingerprint density at radius 1 is 0.436 bits per heavy atom. The van der Waals surface area contributed by atoms with E-state index in [-0.39, 0.29) is 12.8 Å². The molecule has 0 aromatic heterocycles. The van der Waals surface area contributed by atoms with Crippen molar-refractivity contribution in [3.05, 3.63) is 0 Å². The number of amides is 2. The molecule has 4 heterocycles. The number of carbonyl (C=O) groups is 2. The van der Waals surface area contributed by atoms with E-state index in [0.29, 0.717) is 12.8 Å². The standard InChI is InChI=1S/C68H128N2O24/c1-5-7-9-11-13-15-17-19-21-22-23-24-26-28-30-32-34-36-38-47(75)64(86)70-45(52(76)46(74)37-35-33-31-29-27-25-20-18-16-14-12-10-8-6-2)40-87-68-63(58(82)53(77)48(39-71)90-68)94-67-60(84)57(81)55(79)50(92-67)41-88-65-51(69-44(4)73)56(80)54(78)49(91-65)42-89-66-61(85)59(83)62(93-66)43(3)72/h43,45-63,65-68,71-72,74-85H,5-42H2,1-4H3,(H,69,73)(H,70,86)/t43-,45-,46+,47+,48+,49+,50+,51+,52-,53-,54-,55-,56+,57-,58-,59-,60+,61-,62+,63+,65+,66-,67+,68-/m0/s1. The normalized spacial score (nSPS) is 32.3. The smallest absolute Gasteiger partial charge is 0.249 e. The van der Waals surface area contributed by atoms with E-state index in [2.05, 4.69) is 24.5 Å². The third-order valence-electron chi connectivity index (χ3n) is 19.0. The van der Waals surface area contributed by atoms with Gasteiger partial charge in [0.05, 0.1) is 44.7 Å². The van der Waals surface area contributed by atoms with Crippen molar-refractivity contribution in [2.45, 2.75) is 393 Å². The topological polar surface area (TPSA) is 415 Å². The minimum absolute atomic E-state index is 0.126. The van der Waals surface area contributed by atoms with Crippen molar-refractivity contribution in [2.75, 3.05) is 26.4 Å². The lowest BCUT2D eigenvalue weighted by molar-refractivity contribution is -0.371. The molecule has 0 spiro atoms. The van der Waals surface area contributed by atoms with Crippen LogP contribution in [0.15, 0.2) is 0 Å². The molecule has 0 aliphatic carbocycles. The summed E-state index contributed by atoms with van der Waals surface area (Å²) in [6.45, 7) is 4.00. The summed E-state index contributed by atoms with van der Waals surface area (Å²) in [5.41, 5.74) is 0. The zero-order valence-electron chi connectivity index (χ0n) is 57.1. The molecule has 0 bridgehead atoms. The van der Waals surface area contributed by atoms with Crippen LogP contribution < -0.4 is 10.6 Å². The molecule has 0 aromatic carbocycles. The number of carbonyl (C=O) groups excluding carboxylic acids is 2. The van der Waals surface area contributed by atoms with Gasteiger partial charge < -0.3 is 120 Å². The fourth-order valence-electron chi connectivity index (χ4n) is 12.9. The number of rotatable bonds is 52. The molecule has 26 heteroatoms. The van der Waals surface area contributed by atoms with Crippen LogP contribution in [0.2, 0.25) is 0 Å². The number of hydrogen-bond acceptors (Lipinski definition) is 24. The Bertz CT molecular complexity index is 1940. The number of ether oxygens (including phenoxy) is 8. The van der Waals surface area contributed by atoms with Crippen LogP contribution in [-0.4, -0.2) is 257 Å². The van der Waals surface area contributed by atoms with E-state index in [1.807, 2.05) is 0 Å². The van der Waals surface area contributed by atoms with Gasteiger partial charge in [0.2, 0.25) is 11.8 Å². The van der Waals surface area contributed by atoms with Gasteiger partial charge in [-0.25, -0.2) is 0 Å². The maximum Gasteiger partial charge on any atom is 0.249 e. The first-order chi connectivity index (χ1) is 45.2. The number of aliphatic hydroxyl groups excluding tert-OH is 14. The van der Waals surface area contributed by atoms with Gasteiger partial charge in [0.15, 0.2) is 25.2 Å². The molecule has 4 saturated heterocycles. The molecular weight excluding hydrogens is 1230 g/mol. The highest BCUT2D eigenvalue weighted by Crippen LogP contribution is 2.33. The fraction of sp³-hybridized carbons (Fsp3) is 0.971. The van der Waals surface area contributed by atoms with Crippen LogP contribution in [0.3, 0.4) is 0 Å². The Hall–Kier alpha value is -1.94. The van der Waals surface area contributed by atoms with E-state index in [1.165, 1.54) is 142 Å². The first-order valence-electron chi connectivity index (χ1n) is 36.3. The summed E-state index contributed by atoms with van der Waals surface area (Å²) in [5, 5.41) is 159. The zero-order valence-corrected chi connectivity index (χ0v) is 57.1. The van der Waals surface area contributed by atoms with Gasteiger partial charge in [0.1, 0.15) is 104 Å². The second kappa shape index (κ2) is 48.0. The predicted octanol–water partition coefficient (Wildman–Crippen LogP) is 3.32. The number of nitrogens with one attached hydrogen (secondary N) is 2. The minimum atomic E-state index is -2.09. The van der Waals surface area contributed by atoms with Gasteiger partial charge in [-0.3, -0.25) is 9.59 Å². The largest absolute Gasteiger partial charge is 0.394 e. The Morgan fingerprint density at radius 2 is 0.840 bits per heavy atom. The molecule has 554 valence electrons. The van der Waals surface area contributed by atoms with E-state index in [4.69, 9.17) is 37.9 Å². The van der Waals surface area contributed by atoms with Gasteiger partial charge in [0.25, 0.3) is 0 Å².